The van der Waals surface area contributed by atoms with Gasteiger partial charge in [-0.25, -0.2) is 0 Å². The minimum atomic E-state index is 0.815. The van der Waals surface area contributed by atoms with Gasteiger partial charge in [-0.3, -0.25) is 0 Å². The maximum absolute atomic E-state index is 2.62. The van der Waals surface area contributed by atoms with E-state index in [-0.39, 0.29) is 0 Å². The highest BCUT2D eigenvalue weighted by molar-refractivity contribution is 4.88. The van der Waals surface area contributed by atoms with E-state index >= 15 is 0 Å². The van der Waals surface area contributed by atoms with Crippen molar-refractivity contribution in [3.05, 3.63) is 0 Å². The van der Waals surface area contributed by atoms with Gasteiger partial charge in [0.05, 0.1) is 25.2 Å². The van der Waals surface area contributed by atoms with Crippen LogP contribution in [0.25, 0.3) is 0 Å². The van der Waals surface area contributed by atoms with E-state index in [0.29, 0.717) is 0 Å². The maximum Gasteiger partial charge on any atom is 0.0923 e. The van der Waals surface area contributed by atoms with Gasteiger partial charge in [-0.05, 0) is 50.9 Å². The Morgan fingerprint density at radius 2 is 1.28 bits per heavy atom. The van der Waals surface area contributed by atoms with Crippen molar-refractivity contribution in [2.45, 2.75) is 151 Å². The summed E-state index contributed by atoms with van der Waals surface area (Å²) in [6.45, 7) is 19.6. The van der Waals surface area contributed by atoms with Gasteiger partial charge in [-0.1, -0.05) is 93.4 Å². The van der Waals surface area contributed by atoms with Crippen LogP contribution < -0.4 is 0 Å². The molecule has 7 unspecified atom stereocenters. The summed E-state index contributed by atoms with van der Waals surface area (Å²) in [5.74, 6) is 3.55. The lowest BCUT2D eigenvalue weighted by atomic mass is 9.87. The first kappa shape index (κ1) is 27.0. The monoisotopic (exact) mass is 408 g/mol. The average molecular weight is 409 g/mol. The number of unbranched alkanes of at least 4 members (excludes halogenated alkanes) is 5. The first-order valence-electron chi connectivity index (χ1n) is 13.5. The number of likely N-dealkylation sites (tertiary alicyclic amines) is 1. The topological polar surface area (TPSA) is 0 Å². The Hall–Kier alpha value is -0.0400. The second-order valence-corrected chi connectivity index (χ2v) is 11.6. The Morgan fingerprint density at radius 1 is 0.724 bits per heavy atom. The predicted octanol–water partition coefficient (Wildman–Crippen LogP) is 8.86. The Morgan fingerprint density at radius 3 is 1.83 bits per heavy atom. The van der Waals surface area contributed by atoms with Crippen LogP contribution in [-0.2, 0) is 0 Å². The van der Waals surface area contributed by atoms with Gasteiger partial charge in [-0.15, -0.1) is 0 Å². The summed E-state index contributed by atoms with van der Waals surface area (Å²) in [5.41, 5.74) is 0. The van der Waals surface area contributed by atoms with E-state index in [4.69, 9.17) is 0 Å². The smallest absolute Gasteiger partial charge is 0.0923 e. The zero-order valence-electron chi connectivity index (χ0n) is 22.0. The maximum atomic E-state index is 2.62. The number of nitrogens with zero attached hydrogens (tertiary/aromatic N) is 1. The molecule has 0 aromatic rings. The molecule has 1 rings (SSSR count). The lowest BCUT2D eigenvalue weighted by Gasteiger charge is -2.47. The van der Waals surface area contributed by atoms with Crippen LogP contribution in [0, 0.1) is 23.7 Å². The molecule has 29 heavy (non-hydrogen) atoms. The van der Waals surface area contributed by atoms with E-state index in [1.807, 2.05) is 0 Å². The van der Waals surface area contributed by atoms with Gasteiger partial charge < -0.3 is 4.48 Å². The normalized spacial score (nSPS) is 32.1. The fourth-order valence-corrected chi connectivity index (χ4v) is 7.09. The number of hydrogen-bond donors (Lipinski definition) is 0. The second kappa shape index (κ2) is 13.4. The SMILES string of the molecule is CCCC(C)[N+]1(C)C(CC)C(C)C(C)C1CCCCCCCCC(C)CC(C)C. The Bertz CT molecular complexity index is 417. The molecule has 1 nitrogen and oxygen atoms in total. The summed E-state index contributed by atoms with van der Waals surface area (Å²) in [4.78, 5) is 0. The zero-order chi connectivity index (χ0) is 22.0. The van der Waals surface area contributed by atoms with E-state index < -0.39 is 0 Å². The van der Waals surface area contributed by atoms with Crippen LogP contribution in [0.5, 0.6) is 0 Å². The fraction of sp³-hybridized carbons (Fsp3) is 1.00. The molecule has 1 heteroatoms. The molecular formula is C28H58N+. The highest BCUT2D eigenvalue weighted by Crippen LogP contribution is 2.46. The summed E-state index contributed by atoms with van der Waals surface area (Å²) >= 11 is 0. The van der Waals surface area contributed by atoms with Crippen LogP contribution in [0.3, 0.4) is 0 Å². The molecule has 0 N–H and O–H groups in total. The minimum Gasteiger partial charge on any atom is -0.319 e. The van der Waals surface area contributed by atoms with Gasteiger partial charge in [-0.2, -0.15) is 0 Å². The minimum absolute atomic E-state index is 0.815. The lowest BCUT2D eigenvalue weighted by Crippen LogP contribution is -2.59. The lowest BCUT2D eigenvalue weighted by molar-refractivity contribution is -0.967. The van der Waals surface area contributed by atoms with Crippen molar-refractivity contribution in [2.24, 2.45) is 23.7 Å². The van der Waals surface area contributed by atoms with Crippen molar-refractivity contribution in [3.63, 3.8) is 0 Å². The van der Waals surface area contributed by atoms with Crippen LogP contribution in [0.15, 0.2) is 0 Å². The van der Waals surface area contributed by atoms with Crippen molar-refractivity contribution in [2.75, 3.05) is 7.05 Å². The van der Waals surface area contributed by atoms with Crippen LogP contribution in [0.2, 0.25) is 0 Å². The molecule has 174 valence electrons. The number of rotatable bonds is 15. The van der Waals surface area contributed by atoms with Crippen molar-refractivity contribution >= 4 is 0 Å². The van der Waals surface area contributed by atoms with Crippen molar-refractivity contribution in [3.8, 4) is 0 Å². The van der Waals surface area contributed by atoms with Gasteiger partial charge in [0.25, 0.3) is 0 Å². The standard InChI is InChI=1S/C28H58N/c1-10-18-24(6)29(9)27(11-2)25(7)26(8)28(29)20-17-15-13-12-14-16-19-23(5)21-22(3)4/h22-28H,10-21H2,1-9H3/q+1. The van der Waals surface area contributed by atoms with Crippen molar-refractivity contribution in [1.82, 2.24) is 0 Å². The molecular weight excluding hydrogens is 350 g/mol. The first-order chi connectivity index (χ1) is 13.7. The summed E-state index contributed by atoms with van der Waals surface area (Å²) in [7, 11) is 2.62. The van der Waals surface area contributed by atoms with Gasteiger partial charge >= 0.3 is 0 Å². The van der Waals surface area contributed by atoms with E-state index in [1.54, 1.807) is 0 Å². The quantitative estimate of drug-likeness (QED) is 0.187. The molecule has 1 aliphatic rings. The summed E-state index contributed by atoms with van der Waals surface area (Å²) in [5, 5.41) is 0. The summed E-state index contributed by atoms with van der Waals surface area (Å²) in [6, 6.07) is 2.56. The van der Waals surface area contributed by atoms with E-state index in [0.717, 1.165) is 41.8 Å². The third-order valence-electron chi connectivity index (χ3n) is 8.87. The van der Waals surface area contributed by atoms with Gasteiger partial charge in [0, 0.05) is 11.8 Å². The Balaban J connectivity index is 2.39. The van der Waals surface area contributed by atoms with Gasteiger partial charge in [0.2, 0.25) is 0 Å². The molecule has 1 aliphatic heterocycles. The van der Waals surface area contributed by atoms with Crippen molar-refractivity contribution in [1.29, 1.82) is 0 Å². The third kappa shape index (κ3) is 7.55. The molecule has 0 saturated carbocycles. The van der Waals surface area contributed by atoms with Crippen LogP contribution in [0.4, 0.5) is 0 Å². The largest absolute Gasteiger partial charge is 0.319 e. The molecule has 0 spiro atoms. The predicted molar refractivity (Wildman–Crippen MR) is 132 cm³/mol. The van der Waals surface area contributed by atoms with Crippen LogP contribution >= 0.6 is 0 Å². The Labute approximate surface area is 186 Å². The molecule has 0 radical (unpaired) electrons. The molecule has 7 atom stereocenters. The average Bonchev–Trinajstić information content (AvgIpc) is 2.84. The third-order valence-corrected chi connectivity index (χ3v) is 8.87. The molecule has 1 fully saturated rings. The van der Waals surface area contributed by atoms with E-state index in [9.17, 15) is 0 Å². The molecule has 0 aromatic heterocycles. The van der Waals surface area contributed by atoms with E-state index in [2.05, 4.69) is 62.4 Å². The van der Waals surface area contributed by atoms with Gasteiger partial charge in [0.15, 0.2) is 0 Å². The first-order valence-corrected chi connectivity index (χ1v) is 13.5. The molecule has 0 aliphatic carbocycles. The molecule has 1 heterocycles. The highest BCUT2D eigenvalue weighted by atomic mass is 15.4. The van der Waals surface area contributed by atoms with Crippen LogP contribution in [0.1, 0.15) is 132 Å². The van der Waals surface area contributed by atoms with Gasteiger partial charge in [0.1, 0.15) is 0 Å². The molecule has 0 aromatic carbocycles. The van der Waals surface area contributed by atoms with Crippen LogP contribution in [-0.4, -0.2) is 29.7 Å². The number of quaternary nitrogens is 1. The molecule has 1 saturated heterocycles. The summed E-state index contributed by atoms with van der Waals surface area (Å²) < 4.78 is 1.36. The summed E-state index contributed by atoms with van der Waals surface area (Å²) in [6.07, 6.45) is 17.1. The fourth-order valence-electron chi connectivity index (χ4n) is 7.09. The number of hydrogen-bond acceptors (Lipinski definition) is 0. The van der Waals surface area contributed by atoms with E-state index in [1.165, 1.54) is 81.5 Å². The van der Waals surface area contributed by atoms with Crippen molar-refractivity contribution < 1.29 is 4.48 Å². The zero-order valence-corrected chi connectivity index (χ0v) is 22.0. The molecule has 0 bridgehead atoms. The Kier molecular flexibility index (Phi) is 12.5. The highest BCUT2D eigenvalue weighted by Gasteiger charge is 2.55. The second-order valence-electron chi connectivity index (χ2n) is 11.6. The molecule has 0 amide bonds.